The van der Waals surface area contributed by atoms with E-state index in [2.05, 4.69) is 15.9 Å². The van der Waals surface area contributed by atoms with Gasteiger partial charge in [0.15, 0.2) is 17.3 Å². The molecule has 3 nitrogen and oxygen atoms in total. The molecule has 21 heavy (non-hydrogen) atoms. The lowest BCUT2D eigenvalue weighted by atomic mass is 10.0. The van der Waals surface area contributed by atoms with Gasteiger partial charge in [-0.05, 0) is 40.2 Å². The number of rotatable bonds is 4. The number of halogens is 3. The fourth-order valence-corrected chi connectivity index (χ4v) is 2.49. The molecule has 2 aromatic carbocycles. The molecule has 0 aliphatic rings. The third kappa shape index (κ3) is 3.34. The molecule has 0 amide bonds. The third-order valence-corrected chi connectivity index (χ3v) is 4.44. The van der Waals surface area contributed by atoms with Crippen molar-refractivity contribution in [3.8, 4) is 11.5 Å². The molecular weight excluding hydrogens is 379 g/mol. The Morgan fingerprint density at radius 1 is 1.00 bits per heavy atom. The fourth-order valence-electron chi connectivity index (χ4n) is 1.82. The highest BCUT2D eigenvalue weighted by atomic mass is 79.9. The molecule has 6 heteroatoms. The Morgan fingerprint density at radius 3 is 2.19 bits per heavy atom. The van der Waals surface area contributed by atoms with Gasteiger partial charge < -0.3 is 9.47 Å². The summed E-state index contributed by atoms with van der Waals surface area (Å²) in [5.41, 5.74) is 0.769. The number of carbonyl (C=O) groups is 1. The molecular formula is C15H11BrCl2O3. The first kappa shape index (κ1) is 16.1. The van der Waals surface area contributed by atoms with Crippen molar-refractivity contribution >= 4 is 44.9 Å². The predicted molar refractivity (Wildman–Crippen MR) is 87.1 cm³/mol. The molecule has 0 saturated heterocycles. The number of methoxy groups -OCH3 is 2. The van der Waals surface area contributed by atoms with Crippen LogP contribution in [0.3, 0.4) is 0 Å². The van der Waals surface area contributed by atoms with Crippen LogP contribution in [0.1, 0.15) is 15.9 Å². The molecule has 2 aromatic rings. The molecule has 0 aromatic heterocycles. The summed E-state index contributed by atoms with van der Waals surface area (Å²) in [7, 11) is 3.00. The van der Waals surface area contributed by atoms with Crippen LogP contribution in [0.15, 0.2) is 34.8 Å². The molecule has 110 valence electrons. The van der Waals surface area contributed by atoms with E-state index in [9.17, 15) is 4.79 Å². The number of carbonyl (C=O) groups excluding carboxylic acids is 1. The zero-order chi connectivity index (χ0) is 15.6. The minimum atomic E-state index is -0.240. The molecule has 0 spiro atoms. The first-order valence-electron chi connectivity index (χ1n) is 5.89. The van der Waals surface area contributed by atoms with Crippen LogP contribution in [0, 0.1) is 0 Å². The zero-order valence-electron chi connectivity index (χ0n) is 11.2. The van der Waals surface area contributed by atoms with E-state index in [-0.39, 0.29) is 10.8 Å². The van der Waals surface area contributed by atoms with Crippen molar-refractivity contribution in [2.75, 3.05) is 14.2 Å². The Morgan fingerprint density at radius 2 is 1.62 bits per heavy atom. The van der Waals surface area contributed by atoms with Gasteiger partial charge in [-0.15, -0.1) is 0 Å². The Balaban J connectivity index is 2.50. The topological polar surface area (TPSA) is 35.5 Å². The number of hydrogen-bond acceptors (Lipinski definition) is 3. The van der Waals surface area contributed by atoms with E-state index >= 15 is 0 Å². The highest BCUT2D eigenvalue weighted by Crippen LogP contribution is 2.34. The van der Waals surface area contributed by atoms with E-state index in [1.54, 1.807) is 30.3 Å². The van der Waals surface area contributed by atoms with Crippen LogP contribution < -0.4 is 9.47 Å². The predicted octanol–water partition coefficient (Wildman–Crippen LogP) is 5.00. The van der Waals surface area contributed by atoms with Gasteiger partial charge in [0.25, 0.3) is 0 Å². The van der Waals surface area contributed by atoms with Crippen LogP contribution in [0.4, 0.5) is 0 Å². The van der Waals surface area contributed by atoms with E-state index in [0.717, 1.165) is 4.47 Å². The van der Waals surface area contributed by atoms with Crippen molar-refractivity contribution in [2.24, 2.45) is 0 Å². The summed E-state index contributed by atoms with van der Waals surface area (Å²) in [4.78, 5) is 12.5. The minimum Gasteiger partial charge on any atom is -0.493 e. The number of ketones is 1. The molecule has 0 aliphatic heterocycles. The second-order valence-corrected chi connectivity index (χ2v) is 5.81. The maximum absolute atomic E-state index is 12.5. The molecule has 0 unspecified atom stereocenters. The minimum absolute atomic E-state index is 0.240. The van der Waals surface area contributed by atoms with Gasteiger partial charge in [0, 0.05) is 21.7 Å². The van der Waals surface area contributed by atoms with Crippen LogP contribution in [-0.4, -0.2) is 20.0 Å². The Labute approximate surface area is 140 Å². The molecule has 0 fully saturated rings. The second kappa shape index (κ2) is 6.69. The second-order valence-electron chi connectivity index (χ2n) is 4.15. The van der Waals surface area contributed by atoms with Gasteiger partial charge in [0.1, 0.15) is 0 Å². The number of benzene rings is 2. The quantitative estimate of drug-likeness (QED) is 0.690. The van der Waals surface area contributed by atoms with E-state index in [0.29, 0.717) is 27.6 Å². The zero-order valence-corrected chi connectivity index (χ0v) is 14.3. The van der Waals surface area contributed by atoms with Gasteiger partial charge >= 0.3 is 0 Å². The van der Waals surface area contributed by atoms with Crippen LogP contribution in [0.25, 0.3) is 0 Å². The van der Waals surface area contributed by atoms with Gasteiger partial charge in [0.05, 0.1) is 24.3 Å². The molecule has 0 bridgehead atoms. The van der Waals surface area contributed by atoms with E-state index in [4.69, 9.17) is 32.7 Å². The Hall–Kier alpha value is -1.23. The summed E-state index contributed by atoms with van der Waals surface area (Å²) in [6.45, 7) is 0. The van der Waals surface area contributed by atoms with Crippen LogP contribution in [-0.2, 0) is 0 Å². The normalized spacial score (nSPS) is 10.3. The molecule has 2 rings (SSSR count). The van der Waals surface area contributed by atoms with Gasteiger partial charge in [-0.1, -0.05) is 23.2 Å². The maximum atomic E-state index is 12.5. The van der Waals surface area contributed by atoms with Crippen LogP contribution >= 0.6 is 39.1 Å². The summed E-state index contributed by atoms with van der Waals surface area (Å²) < 4.78 is 11.1. The van der Waals surface area contributed by atoms with E-state index in [1.807, 2.05) is 0 Å². The summed E-state index contributed by atoms with van der Waals surface area (Å²) in [5, 5.41) is 0.745. The average Bonchev–Trinajstić information content (AvgIpc) is 2.49. The van der Waals surface area contributed by atoms with Crippen molar-refractivity contribution in [1.82, 2.24) is 0 Å². The van der Waals surface area contributed by atoms with Crippen LogP contribution in [0.5, 0.6) is 11.5 Å². The van der Waals surface area contributed by atoms with Gasteiger partial charge in [-0.3, -0.25) is 4.79 Å². The third-order valence-electron chi connectivity index (χ3n) is 2.90. The highest BCUT2D eigenvalue weighted by Gasteiger charge is 2.18. The Kier molecular flexibility index (Phi) is 5.14. The summed E-state index contributed by atoms with van der Waals surface area (Å²) >= 11 is 15.5. The van der Waals surface area contributed by atoms with Crippen LogP contribution in [0.2, 0.25) is 10.0 Å². The van der Waals surface area contributed by atoms with E-state index < -0.39 is 0 Å². The van der Waals surface area contributed by atoms with E-state index in [1.165, 1.54) is 14.2 Å². The summed E-state index contributed by atoms with van der Waals surface area (Å²) in [5.74, 6) is 0.664. The largest absolute Gasteiger partial charge is 0.493 e. The maximum Gasteiger partial charge on any atom is 0.194 e. The van der Waals surface area contributed by atoms with Crippen molar-refractivity contribution in [1.29, 1.82) is 0 Å². The molecule has 0 radical (unpaired) electrons. The van der Waals surface area contributed by atoms with Crippen molar-refractivity contribution in [3.05, 3.63) is 56.0 Å². The standard InChI is InChI=1S/C15H11BrCl2O3/c1-20-13-6-9(11(17)7-14(13)21-2)15(19)8-3-4-10(16)12(18)5-8/h3-7H,1-2H3. The molecule has 0 saturated carbocycles. The molecule has 0 atom stereocenters. The molecule has 0 aliphatic carbocycles. The summed E-state index contributed by atoms with van der Waals surface area (Å²) in [6.07, 6.45) is 0. The van der Waals surface area contributed by atoms with Gasteiger partial charge in [-0.25, -0.2) is 0 Å². The van der Waals surface area contributed by atoms with Crippen molar-refractivity contribution in [2.45, 2.75) is 0 Å². The van der Waals surface area contributed by atoms with Crippen molar-refractivity contribution in [3.63, 3.8) is 0 Å². The lowest BCUT2D eigenvalue weighted by Gasteiger charge is -2.11. The fraction of sp³-hybridized carbons (Fsp3) is 0.133. The highest BCUT2D eigenvalue weighted by molar-refractivity contribution is 9.10. The van der Waals surface area contributed by atoms with Gasteiger partial charge in [-0.2, -0.15) is 0 Å². The van der Waals surface area contributed by atoms with Crippen molar-refractivity contribution < 1.29 is 14.3 Å². The SMILES string of the molecule is COc1cc(Cl)c(C(=O)c2ccc(Br)c(Cl)c2)cc1OC. The lowest BCUT2D eigenvalue weighted by Crippen LogP contribution is -2.04. The summed E-state index contributed by atoms with van der Waals surface area (Å²) in [6, 6.07) is 8.07. The van der Waals surface area contributed by atoms with Gasteiger partial charge in [0.2, 0.25) is 0 Å². The first-order chi connectivity index (χ1) is 9.97. The molecule has 0 heterocycles. The average molecular weight is 390 g/mol. The first-order valence-corrected chi connectivity index (χ1v) is 7.44. The number of ether oxygens (including phenoxy) is 2. The smallest absolute Gasteiger partial charge is 0.194 e. The monoisotopic (exact) mass is 388 g/mol. The molecule has 0 N–H and O–H groups in total. The Bertz CT molecular complexity index is 702. The number of hydrogen-bond donors (Lipinski definition) is 0. The lowest BCUT2D eigenvalue weighted by molar-refractivity contribution is 0.103.